The molecule has 2 aromatic carbocycles. The molecule has 1 amide bonds. The molecule has 7 nitrogen and oxygen atoms in total. The highest BCUT2D eigenvalue weighted by Gasteiger charge is 2.31. The van der Waals surface area contributed by atoms with Crippen LogP contribution in [-0.2, 0) is 0 Å². The molecule has 1 aliphatic rings. The molecule has 1 aromatic heterocycles. The molecule has 4 rings (SSSR count). The number of ether oxygens (including phenoxy) is 2. The van der Waals surface area contributed by atoms with Gasteiger partial charge in [-0.3, -0.25) is 9.59 Å². The minimum atomic E-state index is -0.795. The van der Waals surface area contributed by atoms with Gasteiger partial charge in [0.2, 0.25) is 11.2 Å². The van der Waals surface area contributed by atoms with Crippen molar-refractivity contribution >= 4 is 11.6 Å². The second-order valence-corrected chi connectivity index (χ2v) is 7.08. The summed E-state index contributed by atoms with van der Waals surface area (Å²) < 4.78 is 26.7. The van der Waals surface area contributed by atoms with Crippen molar-refractivity contribution in [1.82, 2.24) is 9.78 Å². The van der Waals surface area contributed by atoms with Crippen molar-refractivity contribution in [2.45, 2.75) is 26.6 Å². The molecule has 0 bridgehead atoms. The van der Waals surface area contributed by atoms with Crippen molar-refractivity contribution < 1.29 is 18.7 Å². The van der Waals surface area contributed by atoms with E-state index in [1.165, 1.54) is 22.9 Å². The van der Waals surface area contributed by atoms with Crippen LogP contribution in [0.2, 0.25) is 0 Å². The van der Waals surface area contributed by atoms with E-state index in [2.05, 4.69) is 10.4 Å². The maximum absolute atomic E-state index is 14.2. The minimum Gasteiger partial charge on any atom is -0.449 e. The molecule has 0 saturated carbocycles. The number of benzene rings is 2. The van der Waals surface area contributed by atoms with E-state index in [-0.39, 0.29) is 11.4 Å². The van der Waals surface area contributed by atoms with Gasteiger partial charge in [-0.25, -0.2) is 9.07 Å². The Hall–Kier alpha value is -3.68. The van der Waals surface area contributed by atoms with Gasteiger partial charge in [0.15, 0.2) is 17.2 Å². The van der Waals surface area contributed by atoms with E-state index >= 15 is 0 Å². The number of halogens is 1. The quantitative estimate of drug-likeness (QED) is 0.735. The van der Waals surface area contributed by atoms with Gasteiger partial charge in [0, 0.05) is 37.4 Å². The number of fused-ring (bicyclic) bond motifs is 1. The first-order valence-corrected chi connectivity index (χ1v) is 8.93. The van der Waals surface area contributed by atoms with Gasteiger partial charge in [0.25, 0.3) is 5.91 Å². The molecule has 0 unspecified atom stereocenters. The third-order valence-electron chi connectivity index (χ3n) is 4.32. The Balaban J connectivity index is 1.66. The Labute approximate surface area is 165 Å². The van der Waals surface area contributed by atoms with Gasteiger partial charge >= 0.3 is 0 Å². The molecule has 0 radical (unpaired) electrons. The number of hydrogen-bond acceptors (Lipinski definition) is 5. The van der Waals surface area contributed by atoms with Crippen molar-refractivity contribution in [2.75, 3.05) is 5.32 Å². The molecule has 1 N–H and O–H groups in total. The Kier molecular flexibility index (Phi) is 4.34. The van der Waals surface area contributed by atoms with Crippen LogP contribution >= 0.6 is 0 Å². The summed E-state index contributed by atoms with van der Waals surface area (Å²) in [5.41, 5.74) is 0.0481. The van der Waals surface area contributed by atoms with Gasteiger partial charge in [0.05, 0.1) is 0 Å². The average Bonchev–Trinajstić information content (AvgIpc) is 2.95. The summed E-state index contributed by atoms with van der Waals surface area (Å²) in [6.07, 6.45) is 0. The first-order valence-electron chi connectivity index (χ1n) is 8.93. The van der Waals surface area contributed by atoms with Crippen molar-refractivity contribution in [3.05, 3.63) is 76.0 Å². The first kappa shape index (κ1) is 18.7. The maximum Gasteiger partial charge on any atom is 0.280 e. The lowest BCUT2D eigenvalue weighted by Gasteiger charge is -2.16. The summed E-state index contributed by atoms with van der Waals surface area (Å²) in [6, 6.07) is 12.1. The number of carbonyl (C=O) groups is 1. The Morgan fingerprint density at radius 3 is 2.59 bits per heavy atom. The zero-order valence-corrected chi connectivity index (χ0v) is 16.0. The van der Waals surface area contributed by atoms with Crippen LogP contribution in [0.3, 0.4) is 0 Å². The fourth-order valence-electron chi connectivity index (χ4n) is 3.06. The fourth-order valence-corrected chi connectivity index (χ4v) is 3.06. The number of nitrogens with one attached hydrogen (secondary N) is 1. The van der Waals surface area contributed by atoms with Crippen LogP contribution < -0.4 is 20.2 Å². The molecule has 0 fully saturated rings. The largest absolute Gasteiger partial charge is 0.449 e. The van der Waals surface area contributed by atoms with Crippen LogP contribution in [0.4, 0.5) is 10.1 Å². The molecule has 0 aliphatic carbocycles. The summed E-state index contributed by atoms with van der Waals surface area (Å²) in [6.45, 7) is 5.15. The molecule has 3 aromatic rings. The predicted molar refractivity (Wildman–Crippen MR) is 104 cm³/mol. The van der Waals surface area contributed by atoms with E-state index in [4.69, 9.17) is 9.47 Å². The number of rotatable bonds is 3. The van der Waals surface area contributed by atoms with Crippen LogP contribution in [0.5, 0.6) is 11.5 Å². The first-order chi connectivity index (χ1) is 13.7. The summed E-state index contributed by atoms with van der Waals surface area (Å²) in [5, 5.41) is 6.72. The highest BCUT2D eigenvalue weighted by atomic mass is 19.1. The van der Waals surface area contributed by atoms with Gasteiger partial charge < -0.3 is 14.8 Å². The Bertz CT molecular complexity index is 1190. The molecule has 0 atom stereocenters. The highest BCUT2D eigenvalue weighted by molar-refractivity contribution is 6.02. The fraction of sp³-hybridized carbons (Fsp3) is 0.190. The van der Waals surface area contributed by atoms with Gasteiger partial charge in [-0.1, -0.05) is 12.1 Å². The van der Waals surface area contributed by atoms with Gasteiger partial charge in [-0.15, -0.1) is 0 Å². The number of nitrogens with zero attached hydrogens (tertiary/aromatic N) is 2. The monoisotopic (exact) mass is 395 g/mol. The van der Waals surface area contributed by atoms with E-state index in [9.17, 15) is 14.0 Å². The second-order valence-electron chi connectivity index (χ2n) is 7.08. The Morgan fingerprint density at radius 1 is 1.10 bits per heavy atom. The van der Waals surface area contributed by atoms with E-state index < -0.39 is 22.9 Å². The van der Waals surface area contributed by atoms with Crippen molar-refractivity contribution in [3.8, 4) is 17.2 Å². The predicted octanol–water partition coefficient (Wildman–Crippen LogP) is 3.44. The zero-order chi connectivity index (χ0) is 20.8. The molecular weight excluding hydrogens is 377 g/mol. The standard InChI is InChI=1S/C21H18FN3O4/c1-12-10-16(26)19(24-25(12)15-7-5-4-6-14(15)22)20(27)23-13-8-9-17-18(11-13)29-21(2,3)28-17/h4-11H,1-3H3,(H,23,27). The minimum absolute atomic E-state index is 0.143. The third kappa shape index (κ3) is 3.56. The molecular formula is C21H18FN3O4. The van der Waals surface area contributed by atoms with Gasteiger partial charge in [-0.2, -0.15) is 5.10 Å². The lowest BCUT2D eigenvalue weighted by atomic mass is 10.2. The van der Waals surface area contributed by atoms with Crippen LogP contribution in [0.25, 0.3) is 5.69 Å². The lowest BCUT2D eigenvalue weighted by Crippen LogP contribution is -2.29. The number of anilines is 1. The van der Waals surface area contributed by atoms with Crippen LogP contribution in [0.15, 0.2) is 53.3 Å². The van der Waals surface area contributed by atoms with E-state index in [1.807, 2.05) is 0 Å². The molecule has 0 spiro atoms. The second kappa shape index (κ2) is 6.73. The SMILES string of the molecule is Cc1cc(=O)c(C(=O)Nc2ccc3c(c2)OC(C)(C)O3)nn1-c1ccccc1F. The topological polar surface area (TPSA) is 82.5 Å². The number of amides is 1. The van der Waals surface area contributed by atoms with Crippen LogP contribution in [0.1, 0.15) is 30.0 Å². The molecule has 1 aliphatic heterocycles. The Morgan fingerprint density at radius 2 is 1.83 bits per heavy atom. The molecule has 2 heterocycles. The van der Waals surface area contributed by atoms with Crippen molar-refractivity contribution in [2.24, 2.45) is 0 Å². The maximum atomic E-state index is 14.2. The lowest BCUT2D eigenvalue weighted by molar-refractivity contribution is -0.0431. The average molecular weight is 395 g/mol. The number of aryl methyl sites for hydroxylation is 1. The number of aromatic nitrogens is 2. The third-order valence-corrected chi connectivity index (χ3v) is 4.32. The van der Waals surface area contributed by atoms with Crippen LogP contribution in [0, 0.1) is 12.7 Å². The summed E-state index contributed by atoms with van der Waals surface area (Å²) in [5.74, 6) is -0.983. The zero-order valence-electron chi connectivity index (χ0n) is 16.0. The van der Waals surface area contributed by atoms with Gasteiger partial charge in [0.1, 0.15) is 11.5 Å². The normalized spacial score (nSPS) is 13.9. The number of carbonyl (C=O) groups excluding carboxylic acids is 1. The van der Waals surface area contributed by atoms with Crippen molar-refractivity contribution in [3.63, 3.8) is 0 Å². The molecule has 0 saturated heterocycles. The van der Waals surface area contributed by atoms with Crippen LogP contribution in [-0.4, -0.2) is 21.5 Å². The summed E-state index contributed by atoms with van der Waals surface area (Å²) in [7, 11) is 0. The van der Waals surface area contributed by atoms with E-state index in [1.54, 1.807) is 51.1 Å². The number of hydrogen-bond donors (Lipinski definition) is 1. The molecule has 29 heavy (non-hydrogen) atoms. The van der Waals surface area contributed by atoms with Crippen molar-refractivity contribution in [1.29, 1.82) is 0 Å². The van der Waals surface area contributed by atoms with E-state index in [0.29, 0.717) is 22.9 Å². The molecule has 148 valence electrons. The highest BCUT2D eigenvalue weighted by Crippen LogP contribution is 2.40. The summed E-state index contributed by atoms with van der Waals surface area (Å²) >= 11 is 0. The summed E-state index contributed by atoms with van der Waals surface area (Å²) in [4.78, 5) is 25.0. The molecule has 8 heteroatoms. The number of para-hydroxylation sites is 1. The van der Waals surface area contributed by atoms with E-state index in [0.717, 1.165) is 0 Å². The van der Waals surface area contributed by atoms with Gasteiger partial charge in [-0.05, 0) is 31.2 Å². The smallest absolute Gasteiger partial charge is 0.280 e.